The molecule has 1 heterocycles. The number of hydrogen-bond donors (Lipinski definition) is 1. The Morgan fingerprint density at radius 2 is 2.08 bits per heavy atom. The summed E-state index contributed by atoms with van der Waals surface area (Å²) in [6, 6.07) is 7.77. The normalized spacial score (nSPS) is 23.7. The Balaban J connectivity index is 1.77. The van der Waals surface area contributed by atoms with Gasteiger partial charge in [-0.15, -0.1) is 0 Å². The molecule has 3 atom stereocenters. The molecule has 0 spiro atoms. The molecular formula is C18H27NO5. The van der Waals surface area contributed by atoms with Crippen molar-refractivity contribution in [3.8, 4) is 5.75 Å². The number of rotatable bonds is 8. The summed E-state index contributed by atoms with van der Waals surface area (Å²) in [6.45, 7) is 1.61. The van der Waals surface area contributed by atoms with Crippen molar-refractivity contribution in [1.29, 1.82) is 0 Å². The van der Waals surface area contributed by atoms with Crippen molar-refractivity contribution >= 4 is 5.91 Å². The zero-order chi connectivity index (χ0) is 17.4. The van der Waals surface area contributed by atoms with Crippen LogP contribution in [0.4, 0.5) is 0 Å². The average Bonchev–Trinajstić information content (AvgIpc) is 2.64. The number of carbonyl (C=O) groups excluding carboxylic acids is 1. The fourth-order valence-electron chi connectivity index (χ4n) is 2.97. The zero-order valence-corrected chi connectivity index (χ0v) is 14.6. The highest BCUT2D eigenvalue weighted by Crippen LogP contribution is 2.20. The lowest BCUT2D eigenvalue weighted by molar-refractivity contribution is -0.147. The van der Waals surface area contributed by atoms with Crippen LogP contribution in [0, 0.1) is 5.92 Å². The van der Waals surface area contributed by atoms with E-state index in [1.807, 2.05) is 24.3 Å². The number of carbonyl (C=O) groups is 1. The first-order valence-electron chi connectivity index (χ1n) is 8.21. The Kier molecular flexibility index (Phi) is 7.49. The molecule has 0 aromatic heterocycles. The molecule has 6 nitrogen and oxygen atoms in total. The first-order valence-corrected chi connectivity index (χ1v) is 8.21. The van der Waals surface area contributed by atoms with E-state index >= 15 is 0 Å². The summed E-state index contributed by atoms with van der Waals surface area (Å²) in [7, 11) is 4.95. The van der Waals surface area contributed by atoms with E-state index in [0.717, 1.165) is 11.3 Å². The van der Waals surface area contributed by atoms with Gasteiger partial charge in [0.05, 0.1) is 26.4 Å². The van der Waals surface area contributed by atoms with Crippen molar-refractivity contribution in [1.82, 2.24) is 5.32 Å². The van der Waals surface area contributed by atoms with E-state index in [0.29, 0.717) is 32.6 Å². The smallest absolute Gasteiger partial charge is 0.220 e. The molecule has 0 radical (unpaired) electrons. The van der Waals surface area contributed by atoms with Gasteiger partial charge in [0.1, 0.15) is 11.9 Å². The maximum atomic E-state index is 12.1. The number of methoxy groups -OCH3 is 3. The molecule has 1 aromatic carbocycles. The largest absolute Gasteiger partial charge is 0.497 e. The molecule has 1 aliphatic rings. The van der Waals surface area contributed by atoms with Crippen molar-refractivity contribution in [2.45, 2.75) is 25.0 Å². The van der Waals surface area contributed by atoms with E-state index in [1.54, 1.807) is 21.3 Å². The summed E-state index contributed by atoms with van der Waals surface area (Å²) in [5.74, 6) is 0.919. The maximum Gasteiger partial charge on any atom is 0.220 e. The molecule has 0 bridgehead atoms. The minimum absolute atomic E-state index is 0.0206. The third-order valence-corrected chi connectivity index (χ3v) is 4.36. The highest BCUT2D eigenvalue weighted by Gasteiger charge is 2.34. The van der Waals surface area contributed by atoms with Gasteiger partial charge in [-0.2, -0.15) is 0 Å². The number of ether oxygens (including phenoxy) is 4. The topological polar surface area (TPSA) is 66.0 Å². The van der Waals surface area contributed by atoms with Gasteiger partial charge in [0.15, 0.2) is 0 Å². The lowest BCUT2D eigenvalue weighted by atomic mass is 9.96. The Morgan fingerprint density at radius 3 is 2.79 bits per heavy atom. The van der Waals surface area contributed by atoms with Gasteiger partial charge >= 0.3 is 0 Å². The van der Waals surface area contributed by atoms with Gasteiger partial charge < -0.3 is 24.3 Å². The minimum atomic E-state index is -0.0950. The minimum Gasteiger partial charge on any atom is -0.497 e. The van der Waals surface area contributed by atoms with E-state index in [9.17, 15) is 4.79 Å². The second-order valence-corrected chi connectivity index (χ2v) is 5.93. The van der Waals surface area contributed by atoms with Crippen LogP contribution >= 0.6 is 0 Å². The quantitative estimate of drug-likeness (QED) is 0.777. The van der Waals surface area contributed by atoms with Gasteiger partial charge in [-0.1, -0.05) is 12.1 Å². The molecule has 0 aliphatic carbocycles. The maximum absolute atomic E-state index is 12.1. The molecule has 1 N–H and O–H groups in total. The standard InChI is InChI=1S/C18H27NO5/c1-21-15-6-4-5-13(9-15)7-8-17(20)19-10-14-11-24-12-16(22-2)18(14)23-3/h4-6,9,14,16,18H,7-8,10-12H2,1-3H3,(H,19,20)/t14-,16-,18+/m1/s1. The number of benzene rings is 1. The molecule has 1 amide bonds. The predicted molar refractivity (Wildman–Crippen MR) is 90.2 cm³/mol. The summed E-state index contributed by atoms with van der Waals surface area (Å²) < 4.78 is 21.6. The Morgan fingerprint density at radius 1 is 1.25 bits per heavy atom. The molecule has 1 aromatic rings. The highest BCUT2D eigenvalue weighted by atomic mass is 16.6. The van der Waals surface area contributed by atoms with E-state index in [4.69, 9.17) is 18.9 Å². The van der Waals surface area contributed by atoms with Crippen molar-refractivity contribution in [2.24, 2.45) is 5.92 Å². The second kappa shape index (κ2) is 9.61. The third-order valence-electron chi connectivity index (χ3n) is 4.36. The number of hydrogen-bond acceptors (Lipinski definition) is 5. The van der Waals surface area contributed by atoms with Crippen LogP contribution in [0.15, 0.2) is 24.3 Å². The van der Waals surface area contributed by atoms with Crippen LogP contribution in [0.3, 0.4) is 0 Å². The van der Waals surface area contributed by atoms with E-state index < -0.39 is 0 Å². The molecule has 2 rings (SSSR count). The van der Waals surface area contributed by atoms with Crippen molar-refractivity contribution < 1.29 is 23.7 Å². The molecule has 1 aliphatic heterocycles. The molecule has 0 unspecified atom stereocenters. The van der Waals surface area contributed by atoms with E-state index in [1.165, 1.54) is 0 Å². The van der Waals surface area contributed by atoms with Gasteiger partial charge in [-0.25, -0.2) is 0 Å². The number of aryl methyl sites for hydroxylation is 1. The average molecular weight is 337 g/mol. The van der Waals surface area contributed by atoms with Crippen molar-refractivity contribution in [2.75, 3.05) is 41.1 Å². The van der Waals surface area contributed by atoms with Crippen LogP contribution in [0.25, 0.3) is 0 Å². The summed E-state index contributed by atoms with van der Waals surface area (Å²) in [5.41, 5.74) is 1.08. The van der Waals surface area contributed by atoms with Gasteiger partial charge in [-0.05, 0) is 24.1 Å². The monoisotopic (exact) mass is 337 g/mol. The van der Waals surface area contributed by atoms with Crippen LogP contribution in [-0.4, -0.2) is 59.2 Å². The molecule has 0 saturated carbocycles. The number of amides is 1. The fraction of sp³-hybridized carbons (Fsp3) is 0.611. The fourth-order valence-corrected chi connectivity index (χ4v) is 2.97. The van der Waals surface area contributed by atoms with Crippen LogP contribution in [0.2, 0.25) is 0 Å². The SMILES string of the molecule is COc1cccc(CCC(=O)NC[C@@H]2COC[C@@H](OC)[C@H]2OC)c1. The Hall–Kier alpha value is -1.63. The molecular weight excluding hydrogens is 310 g/mol. The molecule has 134 valence electrons. The second-order valence-electron chi connectivity index (χ2n) is 5.93. The first kappa shape index (κ1) is 18.7. The molecule has 1 saturated heterocycles. The summed E-state index contributed by atoms with van der Waals surface area (Å²) >= 11 is 0. The van der Waals surface area contributed by atoms with E-state index in [-0.39, 0.29) is 24.0 Å². The third kappa shape index (κ3) is 5.19. The molecule has 6 heteroatoms. The number of nitrogens with one attached hydrogen (secondary N) is 1. The van der Waals surface area contributed by atoms with Gasteiger partial charge in [0.2, 0.25) is 5.91 Å². The lowest BCUT2D eigenvalue weighted by Crippen LogP contribution is -2.50. The Labute approximate surface area is 143 Å². The lowest BCUT2D eigenvalue weighted by Gasteiger charge is -2.36. The van der Waals surface area contributed by atoms with Crippen LogP contribution in [-0.2, 0) is 25.4 Å². The molecule has 24 heavy (non-hydrogen) atoms. The zero-order valence-electron chi connectivity index (χ0n) is 14.6. The van der Waals surface area contributed by atoms with Crippen molar-refractivity contribution in [3.63, 3.8) is 0 Å². The first-order chi connectivity index (χ1) is 11.7. The molecule has 1 fully saturated rings. The summed E-state index contributed by atoms with van der Waals surface area (Å²) in [4.78, 5) is 12.1. The summed E-state index contributed by atoms with van der Waals surface area (Å²) in [5, 5.41) is 2.97. The highest BCUT2D eigenvalue weighted by molar-refractivity contribution is 5.76. The van der Waals surface area contributed by atoms with E-state index in [2.05, 4.69) is 5.32 Å². The van der Waals surface area contributed by atoms with Gasteiger partial charge in [0.25, 0.3) is 0 Å². The van der Waals surface area contributed by atoms with Gasteiger partial charge in [0, 0.05) is 33.1 Å². The van der Waals surface area contributed by atoms with Gasteiger partial charge in [-0.3, -0.25) is 4.79 Å². The van der Waals surface area contributed by atoms with Crippen LogP contribution < -0.4 is 10.1 Å². The predicted octanol–water partition coefficient (Wildman–Crippen LogP) is 1.42. The van der Waals surface area contributed by atoms with Crippen LogP contribution in [0.5, 0.6) is 5.75 Å². The summed E-state index contributed by atoms with van der Waals surface area (Å²) in [6.07, 6.45) is 0.954. The van der Waals surface area contributed by atoms with Crippen molar-refractivity contribution in [3.05, 3.63) is 29.8 Å². The van der Waals surface area contributed by atoms with Crippen LogP contribution in [0.1, 0.15) is 12.0 Å². The Bertz CT molecular complexity index is 522.